The molecule has 0 saturated carbocycles. The lowest BCUT2D eigenvalue weighted by atomic mass is 9.84. The Kier molecular flexibility index (Phi) is 5.62. The van der Waals surface area contributed by atoms with Crippen molar-refractivity contribution in [3.63, 3.8) is 0 Å². The van der Waals surface area contributed by atoms with Crippen LogP contribution in [0.15, 0.2) is 24.3 Å². The van der Waals surface area contributed by atoms with Crippen LogP contribution in [-0.2, 0) is 6.54 Å². The molecule has 0 amide bonds. The Morgan fingerprint density at radius 3 is 2.86 bits per heavy atom. The van der Waals surface area contributed by atoms with Gasteiger partial charge < -0.3 is 20.5 Å². The fourth-order valence-corrected chi connectivity index (χ4v) is 3.05. The van der Waals surface area contributed by atoms with Crippen LogP contribution in [0.5, 0.6) is 5.75 Å². The van der Waals surface area contributed by atoms with Crippen LogP contribution in [0.3, 0.4) is 0 Å². The average Bonchev–Trinajstić information content (AvgIpc) is 2.44. The normalized spacial score (nSPS) is 20.2. The van der Waals surface area contributed by atoms with E-state index in [0.29, 0.717) is 25.1 Å². The van der Waals surface area contributed by atoms with Crippen molar-refractivity contribution in [2.45, 2.75) is 39.3 Å². The second-order valence-corrected chi connectivity index (χ2v) is 6.78. The van der Waals surface area contributed by atoms with Crippen molar-refractivity contribution < 1.29 is 9.84 Å². The van der Waals surface area contributed by atoms with E-state index in [9.17, 15) is 5.11 Å². The summed E-state index contributed by atoms with van der Waals surface area (Å²) in [5.74, 6) is 0.776. The molecule has 1 aliphatic heterocycles. The van der Waals surface area contributed by atoms with E-state index < -0.39 is 6.10 Å². The monoisotopic (exact) mass is 292 g/mol. The lowest BCUT2D eigenvalue weighted by Crippen LogP contribution is -2.44. The zero-order chi connectivity index (χ0) is 15.3. The summed E-state index contributed by atoms with van der Waals surface area (Å²) >= 11 is 0. The number of rotatable bonds is 6. The molecule has 1 aromatic rings. The number of hydrogen-bond donors (Lipinski definition) is 2. The van der Waals surface area contributed by atoms with E-state index in [1.807, 2.05) is 24.3 Å². The molecule has 0 bridgehead atoms. The van der Waals surface area contributed by atoms with Gasteiger partial charge in [-0.15, -0.1) is 0 Å². The first kappa shape index (κ1) is 16.3. The Bertz CT molecular complexity index is 448. The van der Waals surface area contributed by atoms with Crippen molar-refractivity contribution >= 4 is 0 Å². The Morgan fingerprint density at radius 1 is 1.38 bits per heavy atom. The summed E-state index contributed by atoms with van der Waals surface area (Å²) in [5, 5.41) is 10.2. The van der Waals surface area contributed by atoms with Crippen LogP contribution in [0.4, 0.5) is 0 Å². The summed E-state index contributed by atoms with van der Waals surface area (Å²) in [6.07, 6.45) is 2.00. The van der Waals surface area contributed by atoms with Gasteiger partial charge in [0.2, 0.25) is 0 Å². The van der Waals surface area contributed by atoms with E-state index in [-0.39, 0.29) is 0 Å². The molecule has 2 rings (SSSR count). The molecule has 4 nitrogen and oxygen atoms in total. The van der Waals surface area contributed by atoms with Crippen molar-refractivity contribution in [3.05, 3.63) is 29.8 Å². The third kappa shape index (κ3) is 4.99. The fraction of sp³-hybridized carbons (Fsp3) is 0.647. The molecule has 1 atom stereocenters. The summed E-state index contributed by atoms with van der Waals surface area (Å²) in [7, 11) is 0. The largest absolute Gasteiger partial charge is 0.491 e. The Morgan fingerprint density at radius 2 is 2.14 bits per heavy atom. The number of nitrogens with two attached hydrogens (primary N) is 1. The first-order chi connectivity index (χ1) is 10.00. The van der Waals surface area contributed by atoms with Gasteiger partial charge in [0.1, 0.15) is 18.5 Å². The molecular formula is C17H28N2O2. The third-order valence-corrected chi connectivity index (χ3v) is 4.07. The van der Waals surface area contributed by atoms with Gasteiger partial charge >= 0.3 is 0 Å². The number of likely N-dealkylation sites (tertiary alicyclic amines) is 1. The highest BCUT2D eigenvalue weighted by atomic mass is 16.5. The first-order valence-corrected chi connectivity index (χ1v) is 7.81. The van der Waals surface area contributed by atoms with Gasteiger partial charge in [-0.2, -0.15) is 0 Å². The number of para-hydroxylation sites is 1. The highest BCUT2D eigenvalue weighted by Crippen LogP contribution is 2.28. The Balaban J connectivity index is 1.80. The van der Waals surface area contributed by atoms with Gasteiger partial charge in [-0.25, -0.2) is 0 Å². The lowest BCUT2D eigenvalue weighted by molar-refractivity contribution is 0.0364. The van der Waals surface area contributed by atoms with Crippen LogP contribution in [0, 0.1) is 5.41 Å². The molecule has 1 saturated heterocycles. The fourth-order valence-electron chi connectivity index (χ4n) is 3.05. The standard InChI is InChI=1S/C17H28N2O2/c1-17(2)8-5-9-19(13-17)11-15(20)12-21-16-7-4-3-6-14(16)10-18/h3-4,6-7,15,20H,5,8-13,18H2,1-2H3. The number of piperidine rings is 1. The summed E-state index contributed by atoms with van der Waals surface area (Å²) < 4.78 is 5.73. The molecule has 1 fully saturated rings. The van der Waals surface area contributed by atoms with E-state index >= 15 is 0 Å². The van der Waals surface area contributed by atoms with Gasteiger partial charge in [0, 0.05) is 25.2 Å². The van der Waals surface area contributed by atoms with Crippen LogP contribution >= 0.6 is 0 Å². The van der Waals surface area contributed by atoms with Crippen LogP contribution in [0.1, 0.15) is 32.3 Å². The van der Waals surface area contributed by atoms with Gasteiger partial charge in [-0.1, -0.05) is 32.0 Å². The summed E-state index contributed by atoms with van der Waals surface area (Å²) in [5.41, 5.74) is 7.01. The molecule has 21 heavy (non-hydrogen) atoms. The van der Waals surface area contributed by atoms with Crippen LogP contribution in [0.2, 0.25) is 0 Å². The van der Waals surface area contributed by atoms with E-state index in [0.717, 1.165) is 24.4 Å². The zero-order valence-corrected chi connectivity index (χ0v) is 13.2. The number of hydrogen-bond acceptors (Lipinski definition) is 4. The van der Waals surface area contributed by atoms with Crippen LogP contribution < -0.4 is 10.5 Å². The molecule has 1 aromatic carbocycles. The Hall–Kier alpha value is -1.10. The van der Waals surface area contributed by atoms with Crippen molar-refractivity contribution in [2.75, 3.05) is 26.2 Å². The van der Waals surface area contributed by atoms with Crippen molar-refractivity contribution in [2.24, 2.45) is 11.1 Å². The zero-order valence-electron chi connectivity index (χ0n) is 13.2. The number of benzene rings is 1. The molecule has 1 heterocycles. The summed E-state index contributed by atoms with van der Waals surface area (Å²) in [6.45, 7) is 8.14. The van der Waals surface area contributed by atoms with E-state index in [4.69, 9.17) is 10.5 Å². The minimum atomic E-state index is -0.468. The molecule has 0 aromatic heterocycles. The number of aliphatic hydroxyl groups is 1. The molecule has 0 aliphatic carbocycles. The maximum absolute atomic E-state index is 10.2. The van der Waals surface area contributed by atoms with Gasteiger partial charge in [-0.3, -0.25) is 0 Å². The molecule has 3 N–H and O–H groups in total. The lowest BCUT2D eigenvalue weighted by Gasteiger charge is -2.38. The number of aliphatic hydroxyl groups excluding tert-OH is 1. The van der Waals surface area contributed by atoms with Gasteiger partial charge in [-0.05, 0) is 30.9 Å². The molecule has 1 unspecified atom stereocenters. The molecule has 0 radical (unpaired) electrons. The molecule has 1 aliphatic rings. The summed E-state index contributed by atoms with van der Waals surface area (Å²) in [6, 6.07) is 7.73. The third-order valence-electron chi connectivity index (χ3n) is 4.07. The smallest absolute Gasteiger partial charge is 0.123 e. The highest BCUT2D eigenvalue weighted by Gasteiger charge is 2.27. The van der Waals surface area contributed by atoms with Crippen molar-refractivity contribution in [3.8, 4) is 5.75 Å². The maximum atomic E-state index is 10.2. The number of nitrogens with zero attached hydrogens (tertiary/aromatic N) is 1. The van der Waals surface area contributed by atoms with E-state index in [1.54, 1.807) is 0 Å². The van der Waals surface area contributed by atoms with Crippen molar-refractivity contribution in [1.29, 1.82) is 0 Å². The first-order valence-electron chi connectivity index (χ1n) is 7.81. The number of β-amino-alcohol motifs (C(OH)–C–C–N with tert-alkyl or cyclic N) is 1. The second kappa shape index (κ2) is 7.25. The molecule has 0 spiro atoms. The Labute approximate surface area is 127 Å². The van der Waals surface area contributed by atoms with Crippen LogP contribution in [0.25, 0.3) is 0 Å². The van der Waals surface area contributed by atoms with E-state index in [2.05, 4.69) is 18.7 Å². The molecule has 4 heteroatoms. The average molecular weight is 292 g/mol. The van der Waals surface area contributed by atoms with Gasteiger partial charge in [0.05, 0.1) is 0 Å². The topological polar surface area (TPSA) is 58.7 Å². The highest BCUT2D eigenvalue weighted by molar-refractivity contribution is 5.32. The van der Waals surface area contributed by atoms with Gasteiger partial charge in [0.15, 0.2) is 0 Å². The predicted octanol–water partition coefficient (Wildman–Crippen LogP) is 2.01. The van der Waals surface area contributed by atoms with Gasteiger partial charge in [0.25, 0.3) is 0 Å². The quantitative estimate of drug-likeness (QED) is 0.842. The van der Waals surface area contributed by atoms with E-state index in [1.165, 1.54) is 12.8 Å². The van der Waals surface area contributed by atoms with Crippen molar-refractivity contribution in [1.82, 2.24) is 4.90 Å². The molecular weight excluding hydrogens is 264 g/mol. The van der Waals surface area contributed by atoms with Crippen LogP contribution in [-0.4, -0.2) is 42.4 Å². The number of ether oxygens (including phenoxy) is 1. The second-order valence-electron chi connectivity index (χ2n) is 6.78. The summed E-state index contributed by atoms with van der Waals surface area (Å²) in [4.78, 5) is 2.34. The molecule has 118 valence electrons. The SMILES string of the molecule is CC1(C)CCCN(CC(O)COc2ccccc2CN)C1. The minimum Gasteiger partial charge on any atom is -0.491 e. The maximum Gasteiger partial charge on any atom is 0.123 e. The predicted molar refractivity (Wildman–Crippen MR) is 85.3 cm³/mol. The minimum absolute atomic E-state index is 0.313.